The summed E-state index contributed by atoms with van der Waals surface area (Å²) in [5.41, 5.74) is 7.51. The summed E-state index contributed by atoms with van der Waals surface area (Å²) in [6, 6.07) is 6.25. The minimum atomic E-state index is -0.902. The minimum Gasteiger partial charge on any atom is -0.399 e. The number of aryl methyl sites for hydroxylation is 1. The van der Waals surface area contributed by atoms with Crippen LogP contribution in [0.25, 0.3) is 0 Å². The molecule has 2 unspecified atom stereocenters. The summed E-state index contributed by atoms with van der Waals surface area (Å²) >= 11 is 0. The molecule has 1 aromatic rings. The lowest BCUT2D eigenvalue weighted by molar-refractivity contribution is 0.182. The highest BCUT2D eigenvalue weighted by molar-refractivity contribution is 7.85. The number of anilines is 1. The van der Waals surface area contributed by atoms with E-state index in [2.05, 4.69) is 11.9 Å². The average molecular weight is 280 g/mol. The third-order valence-electron chi connectivity index (χ3n) is 4.00. The molecule has 0 spiro atoms. The van der Waals surface area contributed by atoms with Gasteiger partial charge in [-0.05, 0) is 63.5 Å². The maximum Gasteiger partial charge on any atom is 0.0532 e. The highest BCUT2D eigenvalue weighted by Gasteiger charge is 2.19. The van der Waals surface area contributed by atoms with Crippen LogP contribution in [0.4, 0.5) is 5.69 Å². The topological polar surface area (TPSA) is 46.3 Å². The van der Waals surface area contributed by atoms with Crippen LogP contribution >= 0.6 is 0 Å². The number of piperidine rings is 1. The number of hydrogen-bond acceptors (Lipinski definition) is 3. The van der Waals surface area contributed by atoms with E-state index in [1.807, 2.05) is 25.1 Å². The Balaban J connectivity index is 1.93. The van der Waals surface area contributed by atoms with Crippen molar-refractivity contribution in [2.75, 3.05) is 25.1 Å². The molecule has 3 nitrogen and oxygen atoms in total. The van der Waals surface area contributed by atoms with Crippen LogP contribution in [-0.4, -0.2) is 34.5 Å². The van der Waals surface area contributed by atoms with Gasteiger partial charge in [-0.3, -0.25) is 4.21 Å². The number of nitrogens with two attached hydrogens (primary N) is 1. The summed E-state index contributed by atoms with van der Waals surface area (Å²) < 4.78 is 12.4. The predicted molar refractivity (Wildman–Crippen MR) is 81.8 cm³/mol. The SMILES string of the molecule is Cc1cc(N)ccc1S(=O)CCC1CCCCN1C. The molecule has 0 saturated carbocycles. The smallest absolute Gasteiger partial charge is 0.0532 e. The number of rotatable bonds is 4. The lowest BCUT2D eigenvalue weighted by Crippen LogP contribution is -2.37. The van der Waals surface area contributed by atoms with Crippen LogP contribution in [0.1, 0.15) is 31.2 Å². The van der Waals surface area contributed by atoms with Crippen LogP contribution < -0.4 is 5.73 Å². The molecule has 2 atom stereocenters. The largest absolute Gasteiger partial charge is 0.399 e. The second-order valence-corrected chi connectivity index (χ2v) is 7.03. The Labute approximate surface area is 118 Å². The van der Waals surface area contributed by atoms with Crippen molar-refractivity contribution in [3.8, 4) is 0 Å². The first-order chi connectivity index (χ1) is 9.08. The quantitative estimate of drug-likeness (QED) is 0.862. The zero-order valence-electron chi connectivity index (χ0n) is 11.9. The molecule has 106 valence electrons. The maximum atomic E-state index is 12.4. The summed E-state index contributed by atoms with van der Waals surface area (Å²) in [5.74, 6) is 0.750. The number of hydrogen-bond donors (Lipinski definition) is 1. The van der Waals surface area contributed by atoms with Crippen LogP contribution in [0.3, 0.4) is 0 Å². The lowest BCUT2D eigenvalue weighted by Gasteiger charge is -2.32. The second-order valence-electron chi connectivity index (χ2n) is 5.49. The van der Waals surface area contributed by atoms with Gasteiger partial charge < -0.3 is 10.6 Å². The summed E-state index contributed by atoms with van der Waals surface area (Å²) in [7, 11) is 1.28. The first-order valence-corrected chi connectivity index (χ1v) is 8.34. The number of likely N-dealkylation sites (tertiary alicyclic amines) is 1. The first kappa shape index (κ1) is 14.5. The van der Waals surface area contributed by atoms with Gasteiger partial charge in [0.25, 0.3) is 0 Å². The van der Waals surface area contributed by atoms with Crippen LogP contribution in [0, 0.1) is 6.92 Å². The molecule has 1 fully saturated rings. The normalized spacial score (nSPS) is 22.3. The molecule has 1 aliphatic rings. The Hall–Kier alpha value is -0.870. The Morgan fingerprint density at radius 2 is 2.21 bits per heavy atom. The second kappa shape index (κ2) is 6.53. The predicted octanol–water partition coefficient (Wildman–Crippen LogP) is 2.56. The molecule has 2 rings (SSSR count). The standard InChI is InChI=1S/C15H24N2OS/c1-12-11-13(16)6-7-15(12)19(18)10-8-14-5-3-4-9-17(14)2/h6-7,11,14H,3-5,8-10,16H2,1-2H3. The van der Waals surface area contributed by atoms with Gasteiger partial charge in [-0.1, -0.05) is 6.42 Å². The van der Waals surface area contributed by atoms with Crippen molar-refractivity contribution in [1.29, 1.82) is 0 Å². The van der Waals surface area contributed by atoms with Gasteiger partial charge in [-0.2, -0.15) is 0 Å². The van der Waals surface area contributed by atoms with Gasteiger partial charge in [0.2, 0.25) is 0 Å². The van der Waals surface area contributed by atoms with Gasteiger partial charge in [-0.25, -0.2) is 0 Å². The molecule has 1 saturated heterocycles. The first-order valence-electron chi connectivity index (χ1n) is 7.02. The summed E-state index contributed by atoms with van der Waals surface area (Å²) in [5, 5.41) is 0. The van der Waals surface area contributed by atoms with Gasteiger partial charge in [-0.15, -0.1) is 0 Å². The van der Waals surface area contributed by atoms with E-state index in [1.54, 1.807) is 0 Å². The van der Waals surface area contributed by atoms with E-state index >= 15 is 0 Å². The van der Waals surface area contributed by atoms with Crippen molar-refractivity contribution < 1.29 is 4.21 Å². The Morgan fingerprint density at radius 3 is 2.89 bits per heavy atom. The fraction of sp³-hybridized carbons (Fsp3) is 0.600. The molecule has 1 aliphatic heterocycles. The van der Waals surface area contributed by atoms with E-state index in [9.17, 15) is 4.21 Å². The van der Waals surface area contributed by atoms with Crippen molar-refractivity contribution in [3.05, 3.63) is 23.8 Å². The van der Waals surface area contributed by atoms with E-state index in [-0.39, 0.29) is 0 Å². The van der Waals surface area contributed by atoms with Crippen molar-refractivity contribution in [3.63, 3.8) is 0 Å². The Kier molecular flexibility index (Phi) is 4.99. The molecular weight excluding hydrogens is 256 g/mol. The molecule has 2 N–H and O–H groups in total. The van der Waals surface area contributed by atoms with E-state index in [1.165, 1.54) is 25.8 Å². The van der Waals surface area contributed by atoms with Gasteiger partial charge in [0.1, 0.15) is 0 Å². The Morgan fingerprint density at radius 1 is 1.42 bits per heavy atom. The molecule has 0 amide bonds. The fourth-order valence-corrected chi connectivity index (χ4v) is 4.13. The van der Waals surface area contributed by atoms with E-state index in [4.69, 9.17) is 5.73 Å². The molecule has 4 heteroatoms. The molecule has 19 heavy (non-hydrogen) atoms. The van der Waals surface area contributed by atoms with Crippen LogP contribution in [0.15, 0.2) is 23.1 Å². The van der Waals surface area contributed by atoms with Gasteiger partial charge in [0.05, 0.1) is 10.8 Å². The van der Waals surface area contributed by atoms with Crippen molar-refractivity contribution in [1.82, 2.24) is 4.90 Å². The third kappa shape index (κ3) is 3.80. The molecule has 1 heterocycles. The van der Waals surface area contributed by atoms with E-state index in [0.29, 0.717) is 6.04 Å². The van der Waals surface area contributed by atoms with Crippen LogP contribution in [0.2, 0.25) is 0 Å². The minimum absolute atomic E-state index is 0.604. The molecule has 0 aliphatic carbocycles. The van der Waals surface area contributed by atoms with E-state index in [0.717, 1.165) is 28.3 Å². The summed E-state index contributed by atoms with van der Waals surface area (Å²) in [6.07, 6.45) is 4.87. The molecule has 0 aromatic heterocycles. The number of benzene rings is 1. The third-order valence-corrected chi connectivity index (χ3v) is 5.56. The molecule has 0 radical (unpaired) electrons. The van der Waals surface area contributed by atoms with Gasteiger partial charge >= 0.3 is 0 Å². The number of nitrogen functional groups attached to an aromatic ring is 1. The molecule has 1 aromatic carbocycles. The Bertz CT molecular complexity index is 461. The lowest BCUT2D eigenvalue weighted by atomic mass is 10.0. The molecular formula is C15H24N2OS. The maximum absolute atomic E-state index is 12.4. The van der Waals surface area contributed by atoms with Crippen molar-refractivity contribution >= 4 is 16.5 Å². The monoisotopic (exact) mass is 280 g/mol. The van der Waals surface area contributed by atoms with Crippen molar-refractivity contribution in [2.45, 2.75) is 43.5 Å². The van der Waals surface area contributed by atoms with Crippen LogP contribution in [-0.2, 0) is 10.8 Å². The zero-order chi connectivity index (χ0) is 13.8. The molecule has 0 bridgehead atoms. The summed E-state index contributed by atoms with van der Waals surface area (Å²) in [4.78, 5) is 3.35. The highest BCUT2D eigenvalue weighted by atomic mass is 32.2. The van der Waals surface area contributed by atoms with Gasteiger partial charge in [0, 0.05) is 22.4 Å². The summed E-state index contributed by atoms with van der Waals surface area (Å²) in [6.45, 7) is 3.16. The van der Waals surface area contributed by atoms with Gasteiger partial charge in [0.15, 0.2) is 0 Å². The average Bonchev–Trinajstić information content (AvgIpc) is 2.37. The van der Waals surface area contributed by atoms with Crippen molar-refractivity contribution in [2.24, 2.45) is 0 Å². The van der Waals surface area contributed by atoms with Crippen LogP contribution in [0.5, 0.6) is 0 Å². The zero-order valence-corrected chi connectivity index (χ0v) is 12.7. The fourth-order valence-electron chi connectivity index (χ4n) is 2.79. The number of nitrogens with zero attached hydrogens (tertiary/aromatic N) is 1. The highest BCUT2D eigenvalue weighted by Crippen LogP contribution is 2.21. The van der Waals surface area contributed by atoms with E-state index < -0.39 is 10.8 Å².